The Bertz CT molecular complexity index is 424. The number of carbonyl (C=O) groups is 2. The van der Waals surface area contributed by atoms with E-state index in [2.05, 4.69) is 0 Å². The van der Waals surface area contributed by atoms with E-state index in [-0.39, 0.29) is 11.4 Å². The zero-order valence-corrected chi connectivity index (χ0v) is 15.3. The van der Waals surface area contributed by atoms with Gasteiger partial charge in [-0.15, -0.1) is 5.06 Å². The van der Waals surface area contributed by atoms with E-state index < -0.39 is 5.41 Å². The van der Waals surface area contributed by atoms with E-state index in [9.17, 15) is 9.59 Å². The highest BCUT2D eigenvalue weighted by Crippen LogP contribution is 2.47. The first-order valence-electron chi connectivity index (χ1n) is 9.30. The highest BCUT2D eigenvalue weighted by Gasteiger charge is 2.47. The molecule has 0 amide bonds. The van der Waals surface area contributed by atoms with Gasteiger partial charge in [0.1, 0.15) is 5.78 Å². The summed E-state index contributed by atoms with van der Waals surface area (Å²) in [4.78, 5) is 30.3. The van der Waals surface area contributed by atoms with Crippen molar-refractivity contribution in [2.75, 3.05) is 13.1 Å². The van der Waals surface area contributed by atoms with Crippen LogP contribution >= 0.6 is 0 Å². The van der Waals surface area contributed by atoms with Gasteiger partial charge >= 0.3 is 5.97 Å². The van der Waals surface area contributed by atoms with Gasteiger partial charge in [-0.2, -0.15) is 0 Å². The number of piperidine rings is 1. The van der Waals surface area contributed by atoms with E-state index in [4.69, 9.17) is 4.84 Å². The predicted molar refractivity (Wildman–Crippen MR) is 90.7 cm³/mol. The van der Waals surface area contributed by atoms with Gasteiger partial charge in [0.25, 0.3) is 0 Å². The zero-order chi connectivity index (χ0) is 17.1. The van der Waals surface area contributed by atoms with Gasteiger partial charge < -0.3 is 4.84 Å². The summed E-state index contributed by atoms with van der Waals surface area (Å²) in [5.41, 5.74) is -0.656. The lowest BCUT2D eigenvalue weighted by atomic mass is 9.61. The monoisotopic (exact) mass is 323 g/mol. The van der Waals surface area contributed by atoms with Gasteiger partial charge in [0.15, 0.2) is 0 Å². The van der Waals surface area contributed by atoms with Crippen molar-refractivity contribution in [2.45, 2.75) is 79.1 Å². The largest absolute Gasteiger partial charge is 0.367 e. The van der Waals surface area contributed by atoms with Crippen molar-refractivity contribution >= 4 is 11.8 Å². The molecule has 0 unspecified atom stereocenters. The number of ketones is 1. The summed E-state index contributed by atoms with van der Waals surface area (Å²) >= 11 is 0. The molecule has 0 bridgehead atoms. The second kappa shape index (κ2) is 7.33. The molecule has 23 heavy (non-hydrogen) atoms. The third-order valence-electron chi connectivity index (χ3n) is 5.70. The normalized spacial score (nSPS) is 23.5. The van der Waals surface area contributed by atoms with Crippen LogP contribution in [-0.4, -0.2) is 29.9 Å². The molecule has 2 rings (SSSR count). The van der Waals surface area contributed by atoms with Crippen LogP contribution in [-0.2, 0) is 14.4 Å². The summed E-state index contributed by atoms with van der Waals surface area (Å²) in [6.45, 7) is 8.96. The van der Waals surface area contributed by atoms with Crippen LogP contribution in [0.4, 0.5) is 0 Å². The zero-order valence-electron chi connectivity index (χ0n) is 15.3. The third-order valence-corrected chi connectivity index (χ3v) is 5.70. The molecule has 0 aromatic heterocycles. The Labute approximate surface area is 140 Å². The molecule has 1 saturated heterocycles. The number of rotatable bonds is 4. The Morgan fingerprint density at radius 3 is 2.13 bits per heavy atom. The van der Waals surface area contributed by atoms with Gasteiger partial charge in [-0.3, -0.25) is 4.79 Å². The van der Waals surface area contributed by atoms with Crippen LogP contribution < -0.4 is 0 Å². The van der Waals surface area contributed by atoms with Crippen molar-refractivity contribution in [3.63, 3.8) is 0 Å². The van der Waals surface area contributed by atoms with E-state index in [1.165, 1.54) is 32.1 Å². The molecule has 0 aromatic carbocycles. The summed E-state index contributed by atoms with van der Waals surface area (Å²) in [5, 5.41) is 1.78. The Kier molecular flexibility index (Phi) is 5.88. The first-order chi connectivity index (χ1) is 10.8. The smallest absolute Gasteiger partial charge is 0.330 e. The Balaban J connectivity index is 2.02. The molecule has 0 radical (unpaired) electrons. The van der Waals surface area contributed by atoms with Gasteiger partial charge in [-0.25, -0.2) is 4.79 Å². The molecule has 0 spiro atoms. The first kappa shape index (κ1) is 18.4. The molecule has 0 N–H and O–H groups in total. The first-order valence-corrected chi connectivity index (χ1v) is 9.30. The van der Waals surface area contributed by atoms with E-state index in [0.717, 1.165) is 12.8 Å². The standard InChI is InChI=1S/C19H33NO3/c1-5-16(21)19(15-9-7-6-8-10-15)11-13-20(14-12-19)23-17(22)18(2,3)4/h15H,5-14H2,1-4H3. The molecule has 4 nitrogen and oxygen atoms in total. The van der Waals surface area contributed by atoms with E-state index in [0.29, 0.717) is 31.2 Å². The van der Waals surface area contributed by atoms with Crippen molar-refractivity contribution < 1.29 is 14.4 Å². The van der Waals surface area contributed by atoms with Gasteiger partial charge in [-0.05, 0) is 52.4 Å². The molecule has 132 valence electrons. The van der Waals surface area contributed by atoms with E-state index in [1.54, 1.807) is 5.06 Å². The van der Waals surface area contributed by atoms with E-state index in [1.807, 2.05) is 27.7 Å². The second-order valence-corrected chi connectivity index (χ2v) is 8.33. The van der Waals surface area contributed by atoms with E-state index >= 15 is 0 Å². The summed E-state index contributed by atoms with van der Waals surface area (Å²) < 4.78 is 0. The summed E-state index contributed by atoms with van der Waals surface area (Å²) in [6.07, 6.45) is 8.49. The van der Waals surface area contributed by atoms with Gasteiger partial charge in [0.2, 0.25) is 0 Å². The lowest BCUT2D eigenvalue weighted by molar-refractivity contribution is -0.211. The van der Waals surface area contributed by atoms with Crippen molar-refractivity contribution in [3.8, 4) is 0 Å². The van der Waals surface area contributed by atoms with Crippen molar-refractivity contribution in [3.05, 3.63) is 0 Å². The van der Waals surface area contributed by atoms with Crippen molar-refractivity contribution in [1.82, 2.24) is 5.06 Å². The average molecular weight is 323 g/mol. The number of Topliss-reactive ketones (excluding diaryl/α,β-unsaturated/α-hetero) is 1. The minimum Gasteiger partial charge on any atom is -0.367 e. The predicted octanol–water partition coefficient (Wildman–Crippen LogP) is 4.13. The van der Waals surface area contributed by atoms with Crippen LogP contribution in [0.5, 0.6) is 0 Å². The molecule has 2 fully saturated rings. The fourth-order valence-corrected chi connectivity index (χ4v) is 4.15. The molecule has 1 aliphatic carbocycles. The summed E-state index contributed by atoms with van der Waals surface area (Å²) in [7, 11) is 0. The van der Waals surface area contributed by atoms with Crippen LogP contribution in [0.25, 0.3) is 0 Å². The van der Waals surface area contributed by atoms with Crippen LogP contribution in [0.15, 0.2) is 0 Å². The van der Waals surface area contributed by atoms with Gasteiger partial charge in [-0.1, -0.05) is 26.2 Å². The average Bonchev–Trinajstić information content (AvgIpc) is 2.55. The quantitative estimate of drug-likeness (QED) is 0.780. The lowest BCUT2D eigenvalue weighted by Gasteiger charge is -2.46. The van der Waals surface area contributed by atoms with Crippen LogP contribution in [0.3, 0.4) is 0 Å². The SMILES string of the molecule is CCC(=O)C1(C2CCCCC2)CCN(OC(=O)C(C)(C)C)CC1. The minimum atomic E-state index is -0.489. The Hall–Kier alpha value is -0.900. The Morgan fingerprint density at radius 2 is 1.65 bits per heavy atom. The lowest BCUT2D eigenvalue weighted by Crippen LogP contribution is -2.49. The highest BCUT2D eigenvalue weighted by molar-refractivity contribution is 5.85. The number of hydroxylamine groups is 2. The van der Waals surface area contributed by atoms with Crippen LogP contribution in [0.2, 0.25) is 0 Å². The number of hydrogen-bond donors (Lipinski definition) is 0. The molecule has 4 heteroatoms. The van der Waals surface area contributed by atoms with Crippen molar-refractivity contribution in [2.24, 2.45) is 16.7 Å². The van der Waals surface area contributed by atoms with Crippen molar-refractivity contribution in [1.29, 1.82) is 0 Å². The maximum absolute atomic E-state index is 12.7. The fourth-order valence-electron chi connectivity index (χ4n) is 4.15. The maximum Gasteiger partial charge on any atom is 0.330 e. The highest BCUT2D eigenvalue weighted by atomic mass is 16.7. The third kappa shape index (κ3) is 4.14. The fraction of sp³-hybridized carbons (Fsp3) is 0.895. The Morgan fingerprint density at radius 1 is 1.09 bits per heavy atom. The second-order valence-electron chi connectivity index (χ2n) is 8.33. The molecule has 2 aliphatic rings. The maximum atomic E-state index is 12.7. The molecule has 0 aromatic rings. The topological polar surface area (TPSA) is 46.6 Å². The van der Waals surface area contributed by atoms with Gasteiger partial charge in [0, 0.05) is 24.9 Å². The molecule has 1 saturated carbocycles. The van der Waals surface area contributed by atoms with Crippen LogP contribution in [0.1, 0.15) is 79.1 Å². The number of nitrogens with zero attached hydrogens (tertiary/aromatic N) is 1. The van der Waals surface area contributed by atoms with Crippen LogP contribution in [0, 0.1) is 16.7 Å². The molecule has 1 heterocycles. The molecular formula is C19H33NO3. The molecular weight excluding hydrogens is 290 g/mol. The number of hydrogen-bond acceptors (Lipinski definition) is 4. The molecule has 1 aliphatic heterocycles. The summed E-state index contributed by atoms with van der Waals surface area (Å²) in [5.74, 6) is 0.764. The van der Waals surface area contributed by atoms with Gasteiger partial charge in [0.05, 0.1) is 5.41 Å². The minimum absolute atomic E-state index is 0.167. The molecule has 0 atom stereocenters. The summed E-state index contributed by atoms with van der Waals surface area (Å²) in [6, 6.07) is 0. The number of carbonyl (C=O) groups excluding carboxylic acids is 2.